The van der Waals surface area contributed by atoms with Crippen LogP contribution in [0.2, 0.25) is 0 Å². The van der Waals surface area contributed by atoms with E-state index in [0.717, 1.165) is 6.42 Å². The standard InChI is InChI=1S/C12H24O3/c1-8(2)14-11-7-12(5,13-6)9(3)10(4)15-11/h8-11H,7H2,1-6H3. The molecule has 0 aromatic carbocycles. The molecule has 1 aliphatic heterocycles. The van der Waals surface area contributed by atoms with Crippen LogP contribution in [0.15, 0.2) is 0 Å². The van der Waals surface area contributed by atoms with Gasteiger partial charge in [-0.15, -0.1) is 0 Å². The molecule has 0 aliphatic carbocycles. The molecule has 90 valence electrons. The van der Waals surface area contributed by atoms with E-state index >= 15 is 0 Å². The van der Waals surface area contributed by atoms with E-state index in [2.05, 4.69) is 20.8 Å². The number of ether oxygens (including phenoxy) is 3. The fourth-order valence-corrected chi connectivity index (χ4v) is 2.07. The predicted octanol–water partition coefficient (Wildman–Crippen LogP) is 2.59. The normalized spacial score (nSPS) is 42.2. The molecule has 1 rings (SSSR count). The van der Waals surface area contributed by atoms with E-state index in [0.29, 0.717) is 5.92 Å². The smallest absolute Gasteiger partial charge is 0.161 e. The van der Waals surface area contributed by atoms with Crippen LogP contribution in [0, 0.1) is 5.92 Å². The van der Waals surface area contributed by atoms with E-state index in [1.807, 2.05) is 13.8 Å². The fraction of sp³-hybridized carbons (Fsp3) is 1.00. The molecule has 0 aromatic rings. The molecule has 1 heterocycles. The van der Waals surface area contributed by atoms with Gasteiger partial charge in [0.25, 0.3) is 0 Å². The predicted molar refractivity (Wildman–Crippen MR) is 59.8 cm³/mol. The average molecular weight is 216 g/mol. The molecule has 1 aliphatic rings. The Morgan fingerprint density at radius 1 is 1.33 bits per heavy atom. The third-order valence-corrected chi connectivity index (χ3v) is 3.50. The Kier molecular flexibility index (Phi) is 4.15. The minimum Gasteiger partial charge on any atom is -0.378 e. The molecule has 15 heavy (non-hydrogen) atoms. The third kappa shape index (κ3) is 2.92. The Bertz CT molecular complexity index is 205. The second kappa shape index (κ2) is 4.81. The van der Waals surface area contributed by atoms with Crippen molar-refractivity contribution in [3.8, 4) is 0 Å². The Balaban J connectivity index is 2.67. The van der Waals surface area contributed by atoms with Crippen molar-refractivity contribution in [1.29, 1.82) is 0 Å². The maximum absolute atomic E-state index is 5.80. The molecule has 0 radical (unpaired) electrons. The van der Waals surface area contributed by atoms with Gasteiger partial charge in [-0.25, -0.2) is 0 Å². The van der Waals surface area contributed by atoms with Crippen LogP contribution in [0.3, 0.4) is 0 Å². The summed E-state index contributed by atoms with van der Waals surface area (Å²) in [4.78, 5) is 0. The van der Waals surface area contributed by atoms with Crippen molar-refractivity contribution in [3.05, 3.63) is 0 Å². The Hall–Kier alpha value is -0.120. The highest BCUT2D eigenvalue weighted by atomic mass is 16.7. The van der Waals surface area contributed by atoms with Crippen molar-refractivity contribution < 1.29 is 14.2 Å². The average Bonchev–Trinajstić information content (AvgIpc) is 2.13. The summed E-state index contributed by atoms with van der Waals surface area (Å²) >= 11 is 0. The largest absolute Gasteiger partial charge is 0.378 e. The highest BCUT2D eigenvalue weighted by molar-refractivity contribution is 4.89. The van der Waals surface area contributed by atoms with Crippen LogP contribution in [0.1, 0.15) is 41.0 Å². The summed E-state index contributed by atoms with van der Waals surface area (Å²) in [5.41, 5.74) is -0.142. The first-order valence-corrected chi connectivity index (χ1v) is 5.75. The first-order chi connectivity index (χ1) is 6.89. The SMILES string of the molecule is COC1(C)CC(OC(C)C)OC(C)C1C. The number of hydrogen-bond acceptors (Lipinski definition) is 3. The van der Waals surface area contributed by atoms with Crippen molar-refractivity contribution in [1.82, 2.24) is 0 Å². The summed E-state index contributed by atoms with van der Waals surface area (Å²) in [6, 6.07) is 0. The van der Waals surface area contributed by atoms with Crippen molar-refractivity contribution in [3.63, 3.8) is 0 Å². The van der Waals surface area contributed by atoms with Crippen LogP contribution < -0.4 is 0 Å². The van der Waals surface area contributed by atoms with Crippen LogP contribution in [-0.2, 0) is 14.2 Å². The molecule has 1 saturated heterocycles. The Labute approximate surface area is 93.1 Å². The minimum atomic E-state index is -0.142. The Morgan fingerprint density at radius 2 is 1.93 bits per heavy atom. The van der Waals surface area contributed by atoms with E-state index in [1.54, 1.807) is 7.11 Å². The first kappa shape index (κ1) is 12.9. The van der Waals surface area contributed by atoms with E-state index in [-0.39, 0.29) is 24.1 Å². The van der Waals surface area contributed by atoms with Gasteiger partial charge in [0.05, 0.1) is 17.8 Å². The van der Waals surface area contributed by atoms with Gasteiger partial charge in [0.1, 0.15) is 0 Å². The van der Waals surface area contributed by atoms with Crippen LogP contribution in [0.4, 0.5) is 0 Å². The van der Waals surface area contributed by atoms with E-state index in [1.165, 1.54) is 0 Å². The number of methoxy groups -OCH3 is 1. The third-order valence-electron chi connectivity index (χ3n) is 3.50. The van der Waals surface area contributed by atoms with Gasteiger partial charge in [-0.05, 0) is 27.7 Å². The molecular weight excluding hydrogens is 192 g/mol. The van der Waals surface area contributed by atoms with E-state index in [9.17, 15) is 0 Å². The zero-order chi connectivity index (χ0) is 11.6. The maximum atomic E-state index is 5.80. The van der Waals surface area contributed by atoms with Crippen LogP contribution in [0.5, 0.6) is 0 Å². The first-order valence-electron chi connectivity index (χ1n) is 5.75. The lowest BCUT2D eigenvalue weighted by Gasteiger charge is -2.45. The molecule has 0 saturated carbocycles. The second-order valence-corrected chi connectivity index (χ2v) is 4.97. The zero-order valence-corrected chi connectivity index (χ0v) is 10.7. The lowest BCUT2D eigenvalue weighted by molar-refractivity contribution is -0.268. The van der Waals surface area contributed by atoms with Gasteiger partial charge in [-0.2, -0.15) is 0 Å². The number of rotatable bonds is 3. The fourth-order valence-electron chi connectivity index (χ4n) is 2.07. The molecule has 0 aromatic heterocycles. The van der Waals surface area contributed by atoms with E-state index in [4.69, 9.17) is 14.2 Å². The van der Waals surface area contributed by atoms with Crippen LogP contribution >= 0.6 is 0 Å². The zero-order valence-electron chi connectivity index (χ0n) is 10.7. The second-order valence-electron chi connectivity index (χ2n) is 4.97. The van der Waals surface area contributed by atoms with Gasteiger partial charge in [0, 0.05) is 19.4 Å². The van der Waals surface area contributed by atoms with Crippen molar-refractivity contribution in [2.75, 3.05) is 7.11 Å². The molecular formula is C12H24O3. The molecule has 0 spiro atoms. The summed E-state index contributed by atoms with van der Waals surface area (Å²) in [5, 5.41) is 0. The molecule has 3 nitrogen and oxygen atoms in total. The van der Waals surface area contributed by atoms with Gasteiger partial charge >= 0.3 is 0 Å². The van der Waals surface area contributed by atoms with Crippen molar-refractivity contribution in [2.45, 2.75) is 65.1 Å². The Morgan fingerprint density at radius 3 is 2.40 bits per heavy atom. The lowest BCUT2D eigenvalue weighted by atomic mass is 9.81. The molecule has 4 atom stereocenters. The van der Waals surface area contributed by atoms with Crippen LogP contribution in [-0.4, -0.2) is 31.2 Å². The van der Waals surface area contributed by atoms with E-state index < -0.39 is 0 Å². The molecule has 0 bridgehead atoms. The topological polar surface area (TPSA) is 27.7 Å². The quantitative estimate of drug-likeness (QED) is 0.725. The highest BCUT2D eigenvalue weighted by Crippen LogP contribution is 2.36. The summed E-state index contributed by atoms with van der Waals surface area (Å²) in [5.74, 6) is 0.384. The van der Waals surface area contributed by atoms with Gasteiger partial charge in [0.2, 0.25) is 0 Å². The summed E-state index contributed by atoms with van der Waals surface area (Å²) in [7, 11) is 1.76. The van der Waals surface area contributed by atoms with Crippen molar-refractivity contribution in [2.24, 2.45) is 5.92 Å². The van der Waals surface area contributed by atoms with Crippen LogP contribution in [0.25, 0.3) is 0 Å². The summed E-state index contributed by atoms with van der Waals surface area (Å²) < 4.78 is 17.1. The van der Waals surface area contributed by atoms with Gasteiger partial charge in [-0.1, -0.05) is 6.92 Å². The van der Waals surface area contributed by atoms with Crippen molar-refractivity contribution >= 4 is 0 Å². The highest BCUT2D eigenvalue weighted by Gasteiger charge is 2.43. The summed E-state index contributed by atoms with van der Waals surface area (Å²) in [6.07, 6.45) is 1.03. The lowest BCUT2D eigenvalue weighted by Crippen LogP contribution is -2.51. The molecule has 4 unspecified atom stereocenters. The van der Waals surface area contributed by atoms with Gasteiger partial charge in [0.15, 0.2) is 6.29 Å². The molecule has 0 amide bonds. The molecule has 3 heteroatoms. The molecule has 1 fully saturated rings. The maximum Gasteiger partial charge on any atom is 0.161 e. The van der Waals surface area contributed by atoms with Gasteiger partial charge < -0.3 is 14.2 Å². The van der Waals surface area contributed by atoms with Gasteiger partial charge in [-0.3, -0.25) is 0 Å². The molecule has 0 N–H and O–H groups in total. The summed E-state index contributed by atoms with van der Waals surface area (Å²) in [6.45, 7) is 10.4. The number of hydrogen-bond donors (Lipinski definition) is 0. The minimum absolute atomic E-state index is 0.138. The monoisotopic (exact) mass is 216 g/mol.